The van der Waals surface area contributed by atoms with Crippen LogP contribution in [0, 0.1) is 11.3 Å². The van der Waals surface area contributed by atoms with Gasteiger partial charge in [0.1, 0.15) is 0 Å². The van der Waals surface area contributed by atoms with Gasteiger partial charge in [0, 0.05) is 5.71 Å². The molecule has 0 aromatic heterocycles. The minimum absolute atomic E-state index is 0.280. The van der Waals surface area contributed by atoms with Crippen molar-refractivity contribution >= 4 is 11.7 Å². The summed E-state index contributed by atoms with van der Waals surface area (Å²) in [7, 11) is 0. The first-order valence-electron chi connectivity index (χ1n) is 2.89. The largest absolute Gasteiger partial charge is 0.481 e. The first kappa shape index (κ1) is 8.14. The Hall–Kier alpha value is -0.860. The van der Waals surface area contributed by atoms with E-state index in [4.69, 9.17) is 10.5 Å². The molecule has 0 fully saturated rings. The van der Waals surface area contributed by atoms with E-state index in [2.05, 4.69) is 0 Å². The van der Waals surface area contributed by atoms with Gasteiger partial charge in [-0.05, 0) is 13.3 Å². The van der Waals surface area contributed by atoms with Gasteiger partial charge in [-0.25, -0.2) is 0 Å². The van der Waals surface area contributed by atoms with E-state index in [1.54, 1.807) is 6.92 Å². The van der Waals surface area contributed by atoms with Crippen LogP contribution in [0.3, 0.4) is 0 Å². The number of hydrogen-bond acceptors (Lipinski definition) is 2. The predicted octanol–water partition coefficient (Wildman–Crippen LogP) is 1.14. The highest BCUT2D eigenvalue weighted by atomic mass is 16.4. The minimum atomic E-state index is -0.915. The lowest BCUT2D eigenvalue weighted by Gasteiger charge is -2.03. The molecule has 0 aliphatic rings. The molecule has 0 saturated heterocycles. The summed E-state index contributed by atoms with van der Waals surface area (Å²) >= 11 is 0. The fraction of sp³-hybridized carbons (Fsp3) is 0.667. The highest BCUT2D eigenvalue weighted by Gasteiger charge is 2.13. The monoisotopic (exact) mass is 129 g/mol. The number of aliphatic carboxylic acids is 1. The van der Waals surface area contributed by atoms with Gasteiger partial charge in [-0.3, -0.25) is 4.79 Å². The van der Waals surface area contributed by atoms with Crippen molar-refractivity contribution < 1.29 is 9.90 Å². The van der Waals surface area contributed by atoms with Crippen LogP contribution in [0.1, 0.15) is 20.3 Å². The molecule has 0 aliphatic carbocycles. The summed E-state index contributed by atoms with van der Waals surface area (Å²) in [6.07, 6.45) is 0.521. The van der Waals surface area contributed by atoms with Gasteiger partial charge in [0.25, 0.3) is 0 Å². The van der Waals surface area contributed by atoms with Crippen molar-refractivity contribution in [2.45, 2.75) is 20.3 Å². The van der Waals surface area contributed by atoms with E-state index in [0.717, 1.165) is 0 Å². The molecule has 3 heteroatoms. The van der Waals surface area contributed by atoms with Crippen LogP contribution in [0.5, 0.6) is 0 Å². The van der Waals surface area contributed by atoms with E-state index in [-0.39, 0.29) is 5.71 Å². The van der Waals surface area contributed by atoms with Crippen molar-refractivity contribution in [1.29, 1.82) is 5.41 Å². The Morgan fingerprint density at radius 1 is 1.78 bits per heavy atom. The van der Waals surface area contributed by atoms with Gasteiger partial charge >= 0.3 is 5.97 Å². The van der Waals surface area contributed by atoms with Crippen molar-refractivity contribution in [2.75, 3.05) is 0 Å². The van der Waals surface area contributed by atoms with Crippen molar-refractivity contribution in [2.24, 2.45) is 5.92 Å². The van der Waals surface area contributed by atoms with E-state index in [0.29, 0.717) is 6.42 Å². The van der Waals surface area contributed by atoms with Crippen LogP contribution >= 0.6 is 0 Å². The molecule has 0 radical (unpaired) electrons. The fourth-order valence-electron chi connectivity index (χ4n) is 0.455. The molecule has 52 valence electrons. The fourth-order valence-corrected chi connectivity index (χ4v) is 0.455. The average Bonchev–Trinajstić information content (AvgIpc) is 1.84. The van der Waals surface area contributed by atoms with Crippen molar-refractivity contribution in [3.63, 3.8) is 0 Å². The Balaban J connectivity index is 3.88. The Labute approximate surface area is 54.2 Å². The molecule has 1 unspecified atom stereocenters. The number of carboxylic acid groups (broad SMARTS) is 1. The molecule has 0 spiro atoms. The second-order valence-corrected chi connectivity index (χ2v) is 1.94. The van der Waals surface area contributed by atoms with Gasteiger partial charge in [0.2, 0.25) is 0 Å². The van der Waals surface area contributed by atoms with Crippen LogP contribution in [0.15, 0.2) is 0 Å². The van der Waals surface area contributed by atoms with Gasteiger partial charge in [-0.15, -0.1) is 0 Å². The van der Waals surface area contributed by atoms with E-state index in [9.17, 15) is 4.79 Å². The van der Waals surface area contributed by atoms with Gasteiger partial charge in [0.05, 0.1) is 5.92 Å². The number of carboxylic acids is 1. The summed E-state index contributed by atoms with van der Waals surface area (Å²) in [6.45, 7) is 3.30. The summed E-state index contributed by atoms with van der Waals surface area (Å²) < 4.78 is 0. The van der Waals surface area contributed by atoms with E-state index >= 15 is 0 Å². The third kappa shape index (κ3) is 2.26. The molecule has 0 bridgehead atoms. The summed E-state index contributed by atoms with van der Waals surface area (Å²) in [5.74, 6) is -1.53. The smallest absolute Gasteiger partial charge is 0.311 e. The maximum Gasteiger partial charge on any atom is 0.311 e. The zero-order chi connectivity index (χ0) is 7.44. The van der Waals surface area contributed by atoms with Crippen LogP contribution in [-0.2, 0) is 4.79 Å². The van der Waals surface area contributed by atoms with Gasteiger partial charge in [-0.2, -0.15) is 0 Å². The van der Waals surface area contributed by atoms with E-state index < -0.39 is 11.9 Å². The first-order chi connectivity index (χ1) is 4.09. The molecule has 9 heavy (non-hydrogen) atoms. The molecule has 0 aromatic carbocycles. The average molecular weight is 129 g/mol. The number of hydrogen-bond donors (Lipinski definition) is 2. The molecular weight excluding hydrogens is 118 g/mol. The molecular formula is C6H11NO2. The zero-order valence-corrected chi connectivity index (χ0v) is 5.64. The van der Waals surface area contributed by atoms with Crippen LogP contribution < -0.4 is 0 Å². The second-order valence-electron chi connectivity index (χ2n) is 1.94. The Bertz CT molecular complexity index is 131. The predicted molar refractivity (Wildman–Crippen MR) is 34.8 cm³/mol. The molecule has 0 amide bonds. The number of nitrogens with one attached hydrogen (secondary N) is 1. The van der Waals surface area contributed by atoms with Crippen molar-refractivity contribution in [1.82, 2.24) is 0 Å². The number of rotatable bonds is 3. The summed E-state index contributed by atoms with van der Waals surface area (Å²) in [4.78, 5) is 10.2. The van der Waals surface area contributed by atoms with Gasteiger partial charge in [-0.1, -0.05) is 6.92 Å². The summed E-state index contributed by atoms with van der Waals surface area (Å²) in [5, 5.41) is 15.4. The van der Waals surface area contributed by atoms with Crippen LogP contribution in [0.2, 0.25) is 0 Å². The normalized spacial score (nSPS) is 12.7. The van der Waals surface area contributed by atoms with Crippen molar-refractivity contribution in [3.8, 4) is 0 Å². The molecule has 0 aromatic rings. The quantitative estimate of drug-likeness (QED) is 0.561. The SMILES string of the molecule is CCC(=N)C(C)C(=O)O. The third-order valence-corrected chi connectivity index (χ3v) is 1.27. The topological polar surface area (TPSA) is 61.2 Å². The molecule has 3 nitrogen and oxygen atoms in total. The highest BCUT2D eigenvalue weighted by Crippen LogP contribution is 1.99. The van der Waals surface area contributed by atoms with Gasteiger partial charge in [0.15, 0.2) is 0 Å². The molecule has 1 atom stereocenters. The number of carbonyl (C=O) groups is 1. The van der Waals surface area contributed by atoms with Crippen LogP contribution in [0.25, 0.3) is 0 Å². The minimum Gasteiger partial charge on any atom is -0.481 e. The Morgan fingerprint density at radius 2 is 2.22 bits per heavy atom. The third-order valence-electron chi connectivity index (χ3n) is 1.27. The standard InChI is InChI=1S/C6H11NO2/c1-3-5(7)4(2)6(8)9/h4,7H,3H2,1-2H3,(H,8,9). The van der Waals surface area contributed by atoms with E-state index in [1.807, 2.05) is 0 Å². The summed E-state index contributed by atoms with van der Waals surface area (Å²) in [5.41, 5.74) is 0.280. The zero-order valence-electron chi connectivity index (χ0n) is 5.64. The lowest BCUT2D eigenvalue weighted by atomic mass is 10.0. The molecule has 0 rings (SSSR count). The first-order valence-corrected chi connectivity index (χ1v) is 2.89. The maximum absolute atomic E-state index is 10.2. The second kappa shape index (κ2) is 3.22. The molecule has 0 heterocycles. The van der Waals surface area contributed by atoms with Crippen LogP contribution in [-0.4, -0.2) is 16.8 Å². The molecule has 0 aliphatic heterocycles. The summed E-state index contributed by atoms with van der Waals surface area (Å²) in [6, 6.07) is 0. The lowest BCUT2D eigenvalue weighted by molar-refractivity contribution is -0.138. The lowest BCUT2D eigenvalue weighted by Crippen LogP contribution is -2.18. The highest BCUT2D eigenvalue weighted by molar-refractivity contribution is 5.99. The molecule has 2 N–H and O–H groups in total. The Kier molecular flexibility index (Phi) is 2.91. The Morgan fingerprint density at radius 3 is 2.33 bits per heavy atom. The van der Waals surface area contributed by atoms with Gasteiger partial charge < -0.3 is 10.5 Å². The van der Waals surface area contributed by atoms with Crippen LogP contribution in [0.4, 0.5) is 0 Å². The molecule has 0 saturated carbocycles. The van der Waals surface area contributed by atoms with E-state index in [1.165, 1.54) is 6.92 Å². The van der Waals surface area contributed by atoms with Crippen molar-refractivity contribution in [3.05, 3.63) is 0 Å². The maximum atomic E-state index is 10.2.